The van der Waals surface area contributed by atoms with Crippen LogP contribution in [0.5, 0.6) is 0 Å². The molecule has 1 aliphatic carbocycles. The molecule has 1 atom stereocenters. The zero-order valence-electron chi connectivity index (χ0n) is 11.6. The molecule has 2 nitrogen and oxygen atoms in total. The number of halogens is 1. The van der Waals surface area contributed by atoms with Crippen LogP contribution in [-0.2, 0) is 11.2 Å². The van der Waals surface area contributed by atoms with E-state index in [0.29, 0.717) is 13.0 Å². The molecule has 19 heavy (non-hydrogen) atoms. The molecule has 1 fully saturated rings. The Kier molecular flexibility index (Phi) is 5.43. The Hall–Kier alpha value is -0.380. The van der Waals surface area contributed by atoms with E-state index in [-0.39, 0.29) is 5.60 Å². The highest BCUT2D eigenvalue weighted by atomic mass is 79.9. The summed E-state index contributed by atoms with van der Waals surface area (Å²) in [5.41, 5.74) is 0.848. The number of ether oxygens (including phenoxy) is 1. The molecule has 0 saturated heterocycles. The van der Waals surface area contributed by atoms with Gasteiger partial charge in [-0.15, -0.1) is 0 Å². The molecular formula is C16H23BrO2. The van der Waals surface area contributed by atoms with Gasteiger partial charge in [0.25, 0.3) is 0 Å². The SMILES string of the molecule is CCOC1(C(O)Cc2ccc(Br)cc2)CCCCC1. The van der Waals surface area contributed by atoms with Crippen LogP contribution in [0.1, 0.15) is 44.6 Å². The second-order valence-electron chi connectivity index (χ2n) is 5.40. The summed E-state index contributed by atoms with van der Waals surface area (Å²) in [6, 6.07) is 8.18. The number of aliphatic hydroxyl groups excluding tert-OH is 1. The summed E-state index contributed by atoms with van der Waals surface area (Å²) >= 11 is 3.44. The van der Waals surface area contributed by atoms with Crippen molar-refractivity contribution >= 4 is 15.9 Å². The lowest BCUT2D eigenvalue weighted by molar-refractivity contribution is -0.138. The van der Waals surface area contributed by atoms with Gasteiger partial charge >= 0.3 is 0 Å². The fourth-order valence-corrected chi connectivity index (χ4v) is 3.31. The molecule has 2 rings (SSSR count). The monoisotopic (exact) mass is 326 g/mol. The first-order valence-electron chi connectivity index (χ1n) is 7.23. The fourth-order valence-electron chi connectivity index (χ4n) is 3.04. The minimum Gasteiger partial charge on any atom is -0.390 e. The van der Waals surface area contributed by atoms with Crippen LogP contribution in [0.3, 0.4) is 0 Å². The van der Waals surface area contributed by atoms with Crippen molar-refractivity contribution in [2.24, 2.45) is 0 Å². The van der Waals surface area contributed by atoms with Gasteiger partial charge in [-0.3, -0.25) is 0 Å². The first kappa shape index (κ1) is 15.0. The lowest BCUT2D eigenvalue weighted by atomic mass is 9.78. The van der Waals surface area contributed by atoms with E-state index in [1.807, 2.05) is 19.1 Å². The van der Waals surface area contributed by atoms with E-state index in [0.717, 1.165) is 30.2 Å². The molecular weight excluding hydrogens is 304 g/mol. The van der Waals surface area contributed by atoms with Gasteiger partial charge in [0.2, 0.25) is 0 Å². The zero-order valence-corrected chi connectivity index (χ0v) is 13.2. The molecule has 0 amide bonds. The maximum absolute atomic E-state index is 10.6. The predicted molar refractivity (Wildman–Crippen MR) is 81.3 cm³/mol. The van der Waals surface area contributed by atoms with Gasteiger partial charge in [0, 0.05) is 17.5 Å². The van der Waals surface area contributed by atoms with Crippen molar-refractivity contribution in [1.82, 2.24) is 0 Å². The molecule has 0 spiro atoms. The summed E-state index contributed by atoms with van der Waals surface area (Å²) in [6.45, 7) is 2.69. The zero-order chi connectivity index (χ0) is 13.7. The van der Waals surface area contributed by atoms with Crippen molar-refractivity contribution < 1.29 is 9.84 Å². The van der Waals surface area contributed by atoms with Crippen LogP contribution in [0, 0.1) is 0 Å². The summed E-state index contributed by atoms with van der Waals surface area (Å²) < 4.78 is 7.04. The maximum atomic E-state index is 10.6. The summed E-state index contributed by atoms with van der Waals surface area (Å²) in [4.78, 5) is 0. The molecule has 1 aromatic carbocycles. The summed E-state index contributed by atoms with van der Waals surface area (Å²) in [7, 11) is 0. The molecule has 1 saturated carbocycles. The Labute approximate surface area is 124 Å². The molecule has 0 aliphatic heterocycles. The average molecular weight is 327 g/mol. The number of benzene rings is 1. The van der Waals surface area contributed by atoms with Crippen molar-refractivity contribution in [3.63, 3.8) is 0 Å². The van der Waals surface area contributed by atoms with Crippen molar-refractivity contribution in [2.45, 2.75) is 57.2 Å². The van der Waals surface area contributed by atoms with E-state index in [4.69, 9.17) is 4.74 Å². The predicted octanol–water partition coefficient (Wildman–Crippen LogP) is 4.09. The number of aliphatic hydroxyl groups is 1. The first-order chi connectivity index (χ1) is 9.16. The van der Waals surface area contributed by atoms with Gasteiger partial charge in [-0.25, -0.2) is 0 Å². The molecule has 106 valence electrons. The van der Waals surface area contributed by atoms with Gasteiger partial charge < -0.3 is 9.84 Å². The van der Waals surface area contributed by atoms with Gasteiger partial charge in [-0.05, 0) is 37.5 Å². The smallest absolute Gasteiger partial charge is 0.0943 e. The summed E-state index contributed by atoms with van der Waals surface area (Å²) in [5.74, 6) is 0. The molecule has 0 heterocycles. The average Bonchev–Trinajstić information content (AvgIpc) is 2.43. The lowest BCUT2D eigenvalue weighted by Crippen LogP contribution is -2.47. The quantitative estimate of drug-likeness (QED) is 0.882. The summed E-state index contributed by atoms with van der Waals surface area (Å²) in [5, 5.41) is 10.6. The molecule has 0 bridgehead atoms. The number of hydrogen-bond acceptors (Lipinski definition) is 2. The van der Waals surface area contributed by atoms with E-state index in [2.05, 4.69) is 28.1 Å². The van der Waals surface area contributed by atoms with Crippen LogP contribution in [-0.4, -0.2) is 23.4 Å². The largest absolute Gasteiger partial charge is 0.390 e. The topological polar surface area (TPSA) is 29.5 Å². The van der Waals surface area contributed by atoms with Crippen molar-refractivity contribution in [1.29, 1.82) is 0 Å². The van der Waals surface area contributed by atoms with E-state index in [1.165, 1.54) is 12.0 Å². The standard InChI is InChI=1S/C16H23BrO2/c1-2-19-16(10-4-3-5-11-16)15(18)12-13-6-8-14(17)9-7-13/h6-9,15,18H,2-5,10-12H2,1H3. The van der Waals surface area contributed by atoms with Gasteiger partial charge in [0.05, 0.1) is 11.7 Å². The Morgan fingerprint density at radius 1 is 1.21 bits per heavy atom. The molecule has 1 aliphatic rings. The third-order valence-electron chi connectivity index (χ3n) is 4.08. The second kappa shape index (κ2) is 6.87. The number of hydrogen-bond donors (Lipinski definition) is 1. The van der Waals surface area contributed by atoms with E-state index in [9.17, 15) is 5.11 Å². The van der Waals surface area contributed by atoms with Crippen molar-refractivity contribution in [3.8, 4) is 0 Å². The maximum Gasteiger partial charge on any atom is 0.0943 e. The third kappa shape index (κ3) is 3.80. The van der Waals surface area contributed by atoms with Crippen LogP contribution in [0.15, 0.2) is 28.7 Å². The molecule has 0 radical (unpaired) electrons. The molecule has 1 aromatic rings. The van der Waals surface area contributed by atoms with Crippen LogP contribution < -0.4 is 0 Å². The Balaban J connectivity index is 2.06. The van der Waals surface area contributed by atoms with Gasteiger partial charge in [0.1, 0.15) is 0 Å². The minimum atomic E-state index is -0.408. The lowest BCUT2D eigenvalue weighted by Gasteiger charge is -2.41. The van der Waals surface area contributed by atoms with Gasteiger partial charge in [-0.1, -0.05) is 47.3 Å². The van der Waals surface area contributed by atoms with E-state index < -0.39 is 6.10 Å². The van der Waals surface area contributed by atoms with Crippen LogP contribution in [0.4, 0.5) is 0 Å². The second-order valence-corrected chi connectivity index (χ2v) is 6.32. The number of rotatable bonds is 5. The van der Waals surface area contributed by atoms with Crippen LogP contribution in [0.25, 0.3) is 0 Å². The van der Waals surface area contributed by atoms with Crippen LogP contribution in [0.2, 0.25) is 0 Å². The Bertz CT molecular complexity index is 377. The molecule has 1 unspecified atom stereocenters. The highest BCUT2D eigenvalue weighted by Gasteiger charge is 2.39. The fraction of sp³-hybridized carbons (Fsp3) is 0.625. The Morgan fingerprint density at radius 2 is 1.84 bits per heavy atom. The van der Waals surface area contributed by atoms with Crippen LogP contribution >= 0.6 is 15.9 Å². The first-order valence-corrected chi connectivity index (χ1v) is 8.02. The highest BCUT2D eigenvalue weighted by molar-refractivity contribution is 9.10. The van der Waals surface area contributed by atoms with Gasteiger partial charge in [0.15, 0.2) is 0 Å². The van der Waals surface area contributed by atoms with Gasteiger partial charge in [-0.2, -0.15) is 0 Å². The van der Waals surface area contributed by atoms with Crippen molar-refractivity contribution in [2.75, 3.05) is 6.61 Å². The summed E-state index contributed by atoms with van der Waals surface area (Å²) in [6.07, 6.45) is 5.83. The van der Waals surface area contributed by atoms with Crippen molar-refractivity contribution in [3.05, 3.63) is 34.3 Å². The molecule has 0 aromatic heterocycles. The minimum absolute atomic E-state index is 0.319. The molecule has 3 heteroatoms. The Morgan fingerprint density at radius 3 is 2.42 bits per heavy atom. The third-order valence-corrected chi connectivity index (χ3v) is 4.61. The highest BCUT2D eigenvalue weighted by Crippen LogP contribution is 2.35. The molecule has 1 N–H and O–H groups in total. The van der Waals surface area contributed by atoms with E-state index >= 15 is 0 Å². The normalized spacial score (nSPS) is 20.2. The van der Waals surface area contributed by atoms with E-state index in [1.54, 1.807) is 0 Å².